The molecule has 0 amide bonds. The molecule has 9 heterocycles. The highest BCUT2D eigenvalue weighted by Crippen LogP contribution is 2.56. The summed E-state index contributed by atoms with van der Waals surface area (Å²) >= 11 is 5.42. The molecule has 0 saturated carbocycles. The number of thiophene rings is 3. The lowest BCUT2D eigenvalue weighted by molar-refractivity contribution is 1.02. The Labute approximate surface area is 827 Å². The summed E-state index contributed by atoms with van der Waals surface area (Å²) in [5.74, 6) is 5.63. The van der Waals surface area contributed by atoms with Gasteiger partial charge in [-0.3, -0.25) is 14.7 Å². The average Bonchev–Trinajstić information content (AvgIpc) is 1.02. The number of fused-ring (bicyclic) bond motifs is 16. The van der Waals surface area contributed by atoms with Crippen LogP contribution in [0.25, 0.3) is 228 Å². The van der Waals surface area contributed by atoms with Crippen molar-refractivity contribution >= 4 is 190 Å². The standard InChI is InChI=1S/2C43H26N4S.C41H24N4S/c1-2-12-27(13-3-1)29-16-8-17-30(26-29)41-44-42(34-21-11-25-38-40(34)33-19-5-7-24-37(33)48-38)46-43(45-41)47-35-22-6-4-18-31(35)32-20-9-14-28-15-10-23-36(47)39(28)32;1-2-10-27(11-3-1)28-20-22-30(23-21-28)41-44-42(31-24-25-34-33-15-5-7-19-38(33)48-39(34)26-31)46-43(45-41)47-36-17-6-4-14-32(36)35-16-8-12-29-13-9-18-37(47)40(29)35;1-2-10-27-23-28(20-19-25(27)9-1)39-42-40(29-21-22-37-33(24-29)31-14-4-6-18-36(31)46-37)44-41(43-39)45-34-16-5-3-13-30(34)32-15-7-11-26-12-8-17-35(45)38(26)32/h2*1-26H;1-24H. The highest BCUT2D eigenvalue weighted by atomic mass is 32.1. The summed E-state index contributed by atoms with van der Waals surface area (Å²) in [7, 11) is 0. The van der Waals surface area contributed by atoms with Crippen LogP contribution in [0.15, 0.2) is 461 Å². The van der Waals surface area contributed by atoms with Crippen molar-refractivity contribution in [2.45, 2.75) is 0 Å². The van der Waals surface area contributed by atoms with E-state index in [1.807, 2.05) is 23.5 Å². The van der Waals surface area contributed by atoms with Crippen LogP contribution in [0.2, 0.25) is 0 Å². The van der Waals surface area contributed by atoms with E-state index in [0.717, 1.165) is 106 Å². The molecule has 0 spiro atoms. The highest BCUT2D eigenvalue weighted by molar-refractivity contribution is 7.26. The summed E-state index contributed by atoms with van der Waals surface area (Å²) in [5.41, 5.74) is 23.8. The third kappa shape index (κ3) is 14.0. The van der Waals surface area contributed by atoms with Crippen molar-refractivity contribution in [2.75, 3.05) is 14.7 Å². The number of nitrogens with zero attached hydrogens (tertiary/aromatic N) is 12. The highest BCUT2D eigenvalue weighted by Gasteiger charge is 2.34. The molecule has 142 heavy (non-hydrogen) atoms. The van der Waals surface area contributed by atoms with Crippen molar-refractivity contribution in [3.8, 4) is 124 Å². The number of para-hydroxylation sites is 3. The first-order valence-corrected chi connectivity index (χ1v) is 49.9. The van der Waals surface area contributed by atoms with E-state index in [0.29, 0.717) is 52.8 Å². The Morgan fingerprint density at radius 1 is 0.141 bits per heavy atom. The minimum Gasteiger partial charge on any atom is -0.278 e. The van der Waals surface area contributed by atoms with E-state index in [2.05, 4.69) is 464 Å². The van der Waals surface area contributed by atoms with Gasteiger partial charge in [0.05, 0.1) is 34.1 Å². The Balaban J connectivity index is 0.000000104. The third-order valence-electron chi connectivity index (χ3n) is 27.5. The molecule has 3 aliphatic rings. The molecule has 0 N–H and O–H groups in total. The molecule has 0 bridgehead atoms. The number of hydrogen-bond acceptors (Lipinski definition) is 15. The number of aromatic nitrogens is 9. The van der Waals surface area contributed by atoms with Crippen LogP contribution in [0, 0.1) is 0 Å². The van der Waals surface area contributed by atoms with Gasteiger partial charge in [-0.1, -0.05) is 364 Å². The second kappa shape index (κ2) is 33.9. The van der Waals surface area contributed by atoms with Crippen LogP contribution in [0.1, 0.15) is 0 Å². The van der Waals surface area contributed by atoms with Crippen molar-refractivity contribution in [2.24, 2.45) is 0 Å². The van der Waals surface area contributed by atoms with E-state index < -0.39 is 0 Å². The monoisotopic (exact) mass is 1860 g/mol. The molecule has 3 aliphatic heterocycles. The van der Waals surface area contributed by atoms with Crippen LogP contribution in [-0.2, 0) is 0 Å². The lowest BCUT2D eigenvalue weighted by Crippen LogP contribution is -2.18. The first-order chi connectivity index (χ1) is 70.4. The van der Waals surface area contributed by atoms with E-state index in [1.165, 1.54) is 120 Å². The van der Waals surface area contributed by atoms with Crippen molar-refractivity contribution in [3.63, 3.8) is 0 Å². The number of rotatable bonds is 11. The fraction of sp³-hybridized carbons (Fsp3) is 0. The van der Waals surface area contributed by atoms with Crippen LogP contribution in [-0.4, -0.2) is 44.9 Å². The van der Waals surface area contributed by atoms with Crippen LogP contribution in [0.5, 0.6) is 0 Å². The van der Waals surface area contributed by atoms with Crippen molar-refractivity contribution in [3.05, 3.63) is 461 Å². The zero-order valence-electron chi connectivity index (χ0n) is 76.0. The molecular weight excluding hydrogens is 1790 g/mol. The van der Waals surface area contributed by atoms with Gasteiger partial charge in [0.2, 0.25) is 17.8 Å². The average molecular weight is 1870 g/mol. The molecular formula is C127H76N12S3. The van der Waals surface area contributed by atoms with Gasteiger partial charge in [-0.05, 0) is 163 Å². The molecule has 27 aromatic rings. The maximum atomic E-state index is 5.34. The van der Waals surface area contributed by atoms with Crippen LogP contribution >= 0.6 is 34.0 Å². The molecule has 0 radical (unpaired) electrons. The first-order valence-electron chi connectivity index (χ1n) is 47.4. The van der Waals surface area contributed by atoms with Gasteiger partial charge in [0.15, 0.2) is 34.9 Å². The molecule has 15 heteroatoms. The molecule has 30 rings (SSSR count). The summed E-state index contributed by atoms with van der Waals surface area (Å²) in [4.78, 5) is 53.7. The van der Waals surface area contributed by atoms with E-state index >= 15 is 0 Å². The normalized spacial score (nSPS) is 12.2. The molecule has 0 unspecified atom stereocenters. The van der Waals surface area contributed by atoms with Crippen LogP contribution in [0.4, 0.5) is 52.0 Å². The maximum absolute atomic E-state index is 5.34. The Bertz CT molecular complexity index is 9810. The van der Waals surface area contributed by atoms with Gasteiger partial charge in [-0.15, -0.1) is 34.0 Å². The molecule has 662 valence electrons. The van der Waals surface area contributed by atoms with Gasteiger partial charge in [0.25, 0.3) is 0 Å². The lowest BCUT2D eigenvalue weighted by Gasteiger charge is -2.32. The molecule has 21 aromatic carbocycles. The molecule has 0 atom stereocenters. The van der Waals surface area contributed by atoms with Crippen molar-refractivity contribution in [1.29, 1.82) is 0 Å². The van der Waals surface area contributed by atoms with E-state index in [4.69, 9.17) is 44.9 Å². The van der Waals surface area contributed by atoms with Crippen LogP contribution in [0.3, 0.4) is 0 Å². The van der Waals surface area contributed by atoms with Gasteiger partial charge >= 0.3 is 0 Å². The van der Waals surface area contributed by atoms with Gasteiger partial charge in [-0.2, -0.15) is 29.9 Å². The van der Waals surface area contributed by atoms with E-state index in [9.17, 15) is 0 Å². The Kier molecular flexibility index (Phi) is 19.6. The molecule has 0 aliphatic carbocycles. The van der Waals surface area contributed by atoms with Gasteiger partial charge in [0, 0.05) is 127 Å². The summed E-state index contributed by atoms with van der Waals surface area (Å²) in [6.45, 7) is 0. The number of anilines is 9. The van der Waals surface area contributed by atoms with Crippen molar-refractivity contribution < 1.29 is 0 Å². The smallest absolute Gasteiger partial charge is 0.238 e. The second-order valence-corrected chi connectivity index (χ2v) is 39.0. The minimum absolute atomic E-state index is 0.589. The van der Waals surface area contributed by atoms with Crippen molar-refractivity contribution in [1.82, 2.24) is 44.9 Å². The number of hydrogen-bond donors (Lipinski definition) is 0. The molecule has 6 aromatic heterocycles. The molecule has 12 nitrogen and oxygen atoms in total. The predicted octanol–water partition coefficient (Wildman–Crippen LogP) is 35.0. The first kappa shape index (κ1) is 82.0. The lowest BCUT2D eigenvalue weighted by atomic mass is 9.91. The Morgan fingerprint density at radius 2 is 0.451 bits per heavy atom. The summed E-state index contributed by atoms with van der Waals surface area (Å²) in [6.07, 6.45) is 0. The topological polar surface area (TPSA) is 126 Å². The largest absolute Gasteiger partial charge is 0.278 e. The Morgan fingerprint density at radius 3 is 1.01 bits per heavy atom. The summed E-state index contributed by atoms with van der Waals surface area (Å²) in [5, 5.41) is 16.9. The SMILES string of the molecule is c1ccc(-c2ccc(-c3nc(-c4ccc5c(c4)sc4ccccc45)nc(N4c5ccccc5-c5cccc6cccc4c56)n3)cc2)cc1.c1ccc(-c2cccc(-c3nc(-c4cccc5sc6ccccc6c45)nc(N4c5ccccc5-c5cccc6cccc4c56)n3)c2)cc1.c1ccc2c(c1)-c1cccc3cccc(c13)N2c1nc(-c2ccc3ccccc3c2)nc(-c2ccc3sc4ccccc4c3c2)n1. The Hall–Kier alpha value is -18.3. The summed E-state index contributed by atoms with van der Waals surface area (Å²) < 4.78 is 7.48. The zero-order valence-corrected chi connectivity index (χ0v) is 78.4. The molecule has 0 saturated heterocycles. The fourth-order valence-corrected chi connectivity index (χ4v) is 24.4. The second-order valence-electron chi connectivity index (χ2n) is 35.8. The minimum atomic E-state index is 0.589. The van der Waals surface area contributed by atoms with Crippen LogP contribution < -0.4 is 14.7 Å². The third-order valence-corrected chi connectivity index (χ3v) is 31.0. The summed E-state index contributed by atoms with van der Waals surface area (Å²) in [6, 6.07) is 163. The van der Waals surface area contributed by atoms with E-state index in [1.54, 1.807) is 22.7 Å². The number of benzene rings is 21. The van der Waals surface area contributed by atoms with Gasteiger partial charge < -0.3 is 0 Å². The zero-order chi connectivity index (χ0) is 93.4. The predicted molar refractivity (Wildman–Crippen MR) is 593 cm³/mol. The van der Waals surface area contributed by atoms with Gasteiger partial charge in [0.1, 0.15) is 0 Å². The quantitative estimate of drug-likeness (QED) is 0.122. The fourth-order valence-electron chi connectivity index (χ4n) is 21.0. The van der Waals surface area contributed by atoms with E-state index in [-0.39, 0.29) is 0 Å². The van der Waals surface area contributed by atoms with Gasteiger partial charge in [-0.25, -0.2) is 15.0 Å². The molecule has 0 fully saturated rings. The maximum Gasteiger partial charge on any atom is 0.238 e.